The van der Waals surface area contributed by atoms with Crippen LogP contribution in [0.2, 0.25) is 0 Å². The van der Waals surface area contributed by atoms with Crippen LogP contribution in [0.25, 0.3) is 0 Å². The highest BCUT2D eigenvalue weighted by molar-refractivity contribution is 5.84. The molecular formula is C21H27FN4O. The van der Waals surface area contributed by atoms with Crippen LogP contribution in [0.4, 0.5) is 4.39 Å². The first kappa shape index (κ1) is 18.2. The molecule has 1 atom stereocenters. The van der Waals surface area contributed by atoms with Crippen LogP contribution in [0.5, 0.6) is 0 Å². The number of hydrogen-bond donors (Lipinski definition) is 0. The maximum absolute atomic E-state index is 13.2. The van der Waals surface area contributed by atoms with E-state index >= 15 is 0 Å². The highest BCUT2D eigenvalue weighted by Crippen LogP contribution is 2.40. The average molecular weight is 370 g/mol. The van der Waals surface area contributed by atoms with Crippen molar-refractivity contribution in [3.8, 4) is 0 Å². The second-order valence-electron chi connectivity index (χ2n) is 7.89. The standard InChI is InChI=1S/C21H27FN4O/c22-19-6-4-18(5-7-19)16-25-12-1-8-21(20(25)27)9-15-24(17-21)11-3-14-26-13-2-10-23-26/h2,4-7,10,13H,1,3,8-9,11-12,14-17H2. The van der Waals surface area contributed by atoms with Crippen LogP contribution < -0.4 is 0 Å². The first-order valence-electron chi connectivity index (χ1n) is 9.88. The number of halogens is 1. The number of aromatic nitrogens is 2. The number of nitrogens with zero attached hydrogens (tertiary/aromatic N) is 4. The third kappa shape index (κ3) is 4.05. The van der Waals surface area contributed by atoms with Gasteiger partial charge in [-0.2, -0.15) is 5.10 Å². The molecule has 1 unspecified atom stereocenters. The summed E-state index contributed by atoms with van der Waals surface area (Å²) in [4.78, 5) is 17.6. The lowest BCUT2D eigenvalue weighted by molar-refractivity contribution is -0.146. The van der Waals surface area contributed by atoms with Gasteiger partial charge in [0, 0.05) is 38.6 Å². The van der Waals surface area contributed by atoms with E-state index in [1.165, 1.54) is 12.1 Å². The maximum atomic E-state index is 13.2. The van der Waals surface area contributed by atoms with Crippen LogP contribution in [0.3, 0.4) is 0 Å². The topological polar surface area (TPSA) is 41.4 Å². The lowest BCUT2D eigenvalue weighted by Crippen LogP contribution is -2.49. The van der Waals surface area contributed by atoms with Gasteiger partial charge < -0.3 is 9.80 Å². The van der Waals surface area contributed by atoms with E-state index in [1.54, 1.807) is 18.3 Å². The number of hydrogen-bond acceptors (Lipinski definition) is 3. The molecule has 2 aromatic rings. The Morgan fingerprint density at radius 2 is 1.96 bits per heavy atom. The molecule has 0 bridgehead atoms. The molecule has 3 heterocycles. The van der Waals surface area contributed by atoms with Gasteiger partial charge in [-0.25, -0.2) is 4.39 Å². The van der Waals surface area contributed by atoms with E-state index in [4.69, 9.17) is 0 Å². The Hall–Kier alpha value is -2.21. The first-order chi connectivity index (χ1) is 13.1. The Kier molecular flexibility index (Phi) is 5.25. The van der Waals surface area contributed by atoms with Gasteiger partial charge in [-0.15, -0.1) is 0 Å². The minimum absolute atomic E-state index is 0.218. The van der Waals surface area contributed by atoms with Crippen LogP contribution in [0.15, 0.2) is 42.7 Å². The smallest absolute Gasteiger partial charge is 0.230 e. The van der Waals surface area contributed by atoms with E-state index in [9.17, 15) is 9.18 Å². The number of aryl methyl sites for hydroxylation is 1. The summed E-state index contributed by atoms with van der Waals surface area (Å²) in [6.07, 6.45) is 7.83. The predicted molar refractivity (Wildman–Crippen MR) is 101 cm³/mol. The Labute approximate surface area is 159 Å². The molecule has 5 nitrogen and oxygen atoms in total. The van der Waals surface area contributed by atoms with Gasteiger partial charge in [0.25, 0.3) is 0 Å². The molecule has 0 saturated carbocycles. The van der Waals surface area contributed by atoms with Crippen molar-refractivity contribution >= 4 is 5.91 Å². The molecule has 144 valence electrons. The van der Waals surface area contributed by atoms with E-state index < -0.39 is 0 Å². The summed E-state index contributed by atoms with van der Waals surface area (Å²) >= 11 is 0. The quantitative estimate of drug-likeness (QED) is 0.785. The first-order valence-corrected chi connectivity index (χ1v) is 9.88. The van der Waals surface area contributed by atoms with Gasteiger partial charge in [-0.1, -0.05) is 12.1 Å². The lowest BCUT2D eigenvalue weighted by Gasteiger charge is -2.39. The summed E-state index contributed by atoms with van der Waals surface area (Å²) in [5.74, 6) is 0.0504. The summed E-state index contributed by atoms with van der Waals surface area (Å²) in [7, 11) is 0. The minimum Gasteiger partial charge on any atom is -0.338 e. The number of carbonyl (C=O) groups is 1. The molecule has 2 aliphatic rings. The summed E-state index contributed by atoms with van der Waals surface area (Å²) in [5.41, 5.74) is 0.778. The largest absolute Gasteiger partial charge is 0.338 e. The van der Waals surface area contributed by atoms with Crippen molar-refractivity contribution in [1.29, 1.82) is 0 Å². The van der Waals surface area contributed by atoms with Gasteiger partial charge in [0.1, 0.15) is 5.82 Å². The van der Waals surface area contributed by atoms with E-state index in [-0.39, 0.29) is 17.1 Å². The fraction of sp³-hybridized carbons (Fsp3) is 0.524. The molecule has 0 radical (unpaired) electrons. The van der Waals surface area contributed by atoms with Crippen molar-refractivity contribution in [3.05, 3.63) is 54.1 Å². The number of likely N-dealkylation sites (tertiary alicyclic amines) is 2. The highest BCUT2D eigenvalue weighted by atomic mass is 19.1. The highest BCUT2D eigenvalue weighted by Gasteiger charge is 2.47. The van der Waals surface area contributed by atoms with Gasteiger partial charge in [0.05, 0.1) is 5.41 Å². The number of benzene rings is 1. The van der Waals surface area contributed by atoms with Crippen molar-refractivity contribution in [2.45, 2.75) is 38.8 Å². The van der Waals surface area contributed by atoms with E-state index in [0.717, 1.165) is 64.0 Å². The molecule has 0 N–H and O–H groups in total. The molecule has 2 aliphatic heterocycles. The minimum atomic E-state index is -0.235. The Balaban J connectivity index is 1.33. The number of piperidine rings is 1. The van der Waals surface area contributed by atoms with Crippen molar-refractivity contribution in [1.82, 2.24) is 19.6 Å². The van der Waals surface area contributed by atoms with Crippen LogP contribution >= 0.6 is 0 Å². The Morgan fingerprint density at radius 1 is 1.11 bits per heavy atom. The SMILES string of the molecule is O=C1N(Cc2ccc(F)cc2)CCCC12CCN(CCCn1cccn1)C2. The molecule has 1 amide bonds. The normalized spacial score (nSPS) is 23.4. The van der Waals surface area contributed by atoms with Crippen molar-refractivity contribution in [3.63, 3.8) is 0 Å². The van der Waals surface area contributed by atoms with Crippen molar-refractivity contribution in [2.75, 3.05) is 26.2 Å². The molecule has 2 saturated heterocycles. The molecule has 27 heavy (non-hydrogen) atoms. The monoisotopic (exact) mass is 370 g/mol. The fourth-order valence-electron chi connectivity index (χ4n) is 4.53. The molecule has 4 rings (SSSR count). The Morgan fingerprint density at radius 3 is 2.74 bits per heavy atom. The van der Waals surface area contributed by atoms with Crippen LogP contribution in [0, 0.1) is 11.2 Å². The zero-order valence-electron chi connectivity index (χ0n) is 15.7. The van der Waals surface area contributed by atoms with Crippen LogP contribution in [0.1, 0.15) is 31.2 Å². The maximum Gasteiger partial charge on any atom is 0.230 e. The average Bonchev–Trinajstić information content (AvgIpc) is 3.32. The van der Waals surface area contributed by atoms with Gasteiger partial charge in [0.15, 0.2) is 0 Å². The summed E-state index contributed by atoms with van der Waals surface area (Å²) in [6, 6.07) is 8.44. The number of rotatable bonds is 6. The van der Waals surface area contributed by atoms with Crippen LogP contribution in [-0.4, -0.2) is 51.7 Å². The summed E-state index contributed by atoms with van der Waals surface area (Å²) in [6.45, 7) is 5.17. The molecule has 0 aliphatic carbocycles. The second-order valence-corrected chi connectivity index (χ2v) is 7.89. The zero-order valence-corrected chi connectivity index (χ0v) is 15.7. The van der Waals surface area contributed by atoms with Crippen molar-refractivity contribution < 1.29 is 9.18 Å². The second kappa shape index (κ2) is 7.80. The molecule has 1 aromatic heterocycles. The van der Waals surface area contributed by atoms with Gasteiger partial charge in [-0.05, 0) is 62.5 Å². The van der Waals surface area contributed by atoms with E-state index in [1.807, 2.05) is 21.8 Å². The Bertz CT molecular complexity index is 761. The number of amides is 1. The molecule has 1 aromatic carbocycles. The van der Waals surface area contributed by atoms with Crippen molar-refractivity contribution in [2.24, 2.45) is 5.41 Å². The zero-order chi connectivity index (χ0) is 18.7. The van der Waals surface area contributed by atoms with Gasteiger partial charge in [0.2, 0.25) is 5.91 Å². The van der Waals surface area contributed by atoms with E-state index in [0.29, 0.717) is 6.54 Å². The predicted octanol–water partition coefficient (Wildman–Crippen LogP) is 2.93. The third-order valence-electron chi connectivity index (χ3n) is 5.96. The molecular weight excluding hydrogens is 343 g/mol. The van der Waals surface area contributed by atoms with Crippen LogP contribution in [-0.2, 0) is 17.9 Å². The molecule has 6 heteroatoms. The van der Waals surface area contributed by atoms with Gasteiger partial charge >= 0.3 is 0 Å². The van der Waals surface area contributed by atoms with Gasteiger partial charge in [-0.3, -0.25) is 9.48 Å². The lowest BCUT2D eigenvalue weighted by atomic mass is 9.78. The molecule has 1 spiro atoms. The molecule has 2 fully saturated rings. The summed E-state index contributed by atoms with van der Waals surface area (Å²) in [5, 5.41) is 4.24. The van der Waals surface area contributed by atoms with E-state index in [2.05, 4.69) is 10.00 Å². The number of carbonyl (C=O) groups excluding carboxylic acids is 1. The summed E-state index contributed by atoms with van der Waals surface area (Å²) < 4.78 is 15.1. The third-order valence-corrected chi connectivity index (χ3v) is 5.96. The fourth-order valence-corrected chi connectivity index (χ4v) is 4.53.